The lowest BCUT2D eigenvalue weighted by atomic mass is 10.2. The number of nitrogens with two attached hydrogens (primary N) is 1. The molecule has 0 aliphatic carbocycles. The minimum Gasteiger partial charge on any atom is -0.330 e. The third-order valence-corrected chi connectivity index (χ3v) is 2.93. The highest BCUT2D eigenvalue weighted by molar-refractivity contribution is 7.37. The summed E-state index contributed by atoms with van der Waals surface area (Å²) in [4.78, 5) is 0. The van der Waals surface area contributed by atoms with Crippen LogP contribution in [0.2, 0.25) is 0 Å². The van der Waals surface area contributed by atoms with Crippen molar-refractivity contribution in [3.63, 3.8) is 0 Å². The zero-order chi connectivity index (χ0) is 6.41. The van der Waals surface area contributed by atoms with Gasteiger partial charge in [0.1, 0.15) is 0 Å². The largest absolute Gasteiger partial charge is 0.330 e. The molecule has 2 unspecified atom stereocenters. The van der Waals surface area contributed by atoms with E-state index in [4.69, 9.17) is 5.73 Å². The van der Waals surface area contributed by atoms with E-state index in [9.17, 15) is 0 Å². The Bertz CT molecular complexity index is 43.8. The van der Waals surface area contributed by atoms with Gasteiger partial charge < -0.3 is 5.73 Å². The Kier molecular flexibility index (Phi) is 5.79. The van der Waals surface area contributed by atoms with Gasteiger partial charge in [0.2, 0.25) is 0 Å². The van der Waals surface area contributed by atoms with Gasteiger partial charge in [-0.25, -0.2) is 0 Å². The van der Waals surface area contributed by atoms with Gasteiger partial charge in [-0.3, -0.25) is 0 Å². The fourth-order valence-corrected chi connectivity index (χ4v) is 1.62. The molecule has 8 heavy (non-hydrogen) atoms. The summed E-state index contributed by atoms with van der Waals surface area (Å²) >= 11 is 0. The average molecular weight is 133 g/mol. The smallest absolute Gasteiger partial charge is 0.00713 e. The van der Waals surface area contributed by atoms with Gasteiger partial charge in [0.05, 0.1) is 0 Å². The van der Waals surface area contributed by atoms with Crippen molar-refractivity contribution in [3.8, 4) is 0 Å². The standard InChI is InChI=1S/C6H16NP/c1-3-6(8-2)4-5-7/h6,8H,3-5,7H2,1-2H3. The predicted octanol–water partition coefficient (Wildman–Crippen LogP) is 1.42. The molecule has 50 valence electrons. The van der Waals surface area contributed by atoms with Crippen molar-refractivity contribution in [3.05, 3.63) is 0 Å². The first-order chi connectivity index (χ1) is 3.85. The van der Waals surface area contributed by atoms with Crippen LogP contribution in [0, 0.1) is 0 Å². The van der Waals surface area contributed by atoms with Gasteiger partial charge >= 0.3 is 0 Å². The van der Waals surface area contributed by atoms with Crippen LogP contribution in [0.4, 0.5) is 0 Å². The van der Waals surface area contributed by atoms with Crippen LogP contribution < -0.4 is 5.73 Å². The second-order valence-corrected chi connectivity index (χ2v) is 3.37. The normalized spacial score (nSPS) is 15.4. The van der Waals surface area contributed by atoms with Crippen LogP contribution in [0.1, 0.15) is 19.8 Å². The highest BCUT2D eigenvalue weighted by Gasteiger charge is 1.98. The monoisotopic (exact) mass is 133 g/mol. The quantitative estimate of drug-likeness (QED) is 0.577. The molecule has 0 aliphatic heterocycles. The molecule has 0 rings (SSSR count). The molecule has 0 spiro atoms. The maximum Gasteiger partial charge on any atom is -0.00713 e. The maximum atomic E-state index is 5.38. The lowest BCUT2D eigenvalue weighted by Crippen LogP contribution is -2.07. The zero-order valence-corrected chi connectivity index (χ0v) is 6.78. The Morgan fingerprint density at radius 2 is 2.25 bits per heavy atom. The van der Waals surface area contributed by atoms with Crippen LogP contribution in [-0.2, 0) is 0 Å². The number of hydrogen-bond acceptors (Lipinski definition) is 1. The summed E-state index contributed by atoms with van der Waals surface area (Å²) < 4.78 is 0. The zero-order valence-electron chi connectivity index (χ0n) is 5.78. The van der Waals surface area contributed by atoms with E-state index in [1.807, 2.05) is 0 Å². The van der Waals surface area contributed by atoms with E-state index in [0.29, 0.717) is 0 Å². The van der Waals surface area contributed by atoms with E-state index in [1.165, 1.54) is 12.8 Å². The molecule has 0 aromatic rings. The number of rotatable bonds is 4. The summed E-state index contributed by atoms with van der Waals surface area (Å²) in [6, 6.07) is 0. The van der Waals surface area contributed by atoms with Crippen LogP contribution in [0.5, 0.6) is 0 Å². The van der Waals surface area contributed by atoms with Gasteiger partial charge in [-0.05, 0) is 31.7 Å². The molecule has 0 heterocycles. The number of hydrogen-bond donors (Lipinski definition) is 1. The van der Waals surface area contributed by atoms with Crippen LogP contribution >= 0.6 is 8.58 Å². The minimum atomic E-state index is 0.860. The summed E-state index contributed by atoms with van der Waals surface area (Å²) in [5.74, 6) is 0. The molecule has 0 fully saturated rings. The van der Waals surface area contributed by atoms with Crippen molar-refractivity contribution >= 4 is 8.58 Å². The molecule has 0 aromatic heterocycles. The molecule has 0 saturated heterocycles. The molecule has 0 radical (unpaired) electrons. The van der Waals surface area contributed by atoms with E-state index in [0.717, 1.165) is 20.8 Å². The fraction of sp³-hybridized carbons (Fsp3) is 1.00. The van der Waals surface area contributed by atoms with Crippen LogP contribution in [-0.4, -0.2) is 18.9 Å². The van der Waals surface area contributed by atoms with Gasteiger partial charge in [0.25, 0.3) is 0 Å². The third kappa shape index (κ3) is 3.40. The Hall–Kier alpha value is 0.390. The van der Waals surface area contributed by atoms with Gasteiger partial charge in [-0.15, -0.1) is 8.58 Å². The van der Waals surface area contributed by atoms with Crippen molar-refractivity contribution in [2.45, 2.75) is 25.4 Å². The van der Waals surface area contributed by atoms with Gasteiger partial charge in [0.15, 0.2) is 0 Å². The van der Waals surface area contributed by atoms with Crippen LogP contribution in [0.3, 0.4) is 0 Å². The van der Waals surface area contributed by atoms with Crippen molar-refractivity contribution in [2.24, 2.45) is 5.73 Å². The third-order valence-electron chi connectivity index (χ3n) is 1.42. The van der Waals surface area contributed by atoms with E-state index >= 15 is 0 Å². The Morgan fingerprint density at radius 1 is 1.62 bits per heavy atom. The molecule has 1 nitrogen and oxygen atoms in total. The van der Waals surface area contributed by atoms with Gasteiger partial charge in [-0.2, -0.15) is 0 Å². The van der Waals surface area contributed by atoms with Gasteiger partial charge in [-0.1, -0.05) is 6.92 Å². The summed E-state index contributed by atoms with van der Waals surface area (Å²) in [6.45, 7) is 5.35. The molecular weight excluding hydrogens is 117 g/mol. The fourth-order valence-electron chi connectivity index (χ4n) is 0.754. The average Bonchev–Trinajstić information content (AvgIpc) is 1.83. The summed E-state index contributed by atoms with van der Waals surface area (Å²) in [5, 5.41) is 0. The topological polar surface area (TPSA) is 26.0 Å². The molecular formula is C6H16NP. The van der Waals surface area contributed by atoms with Crippen molar-refractivity contribution < 1.29 is 0 Å². The van der Waals surface area contributed by atoms with Crippen LogP contribution in [0.25, 0.3) is 0 Å². The van der Waals surface area contributed by atoms with Gasteiger partial charge in [0, 0.05) is 0 Å². The van der Waals surface area contributed by atoms with E-state index in [1.54, 1.807) is 0 Å². The second kappa shape index (κ2) is 5.53. The van der Waals surface area contributed by atoms with Crippen molar-refractivity contribution in [1.82, 2.24) is 0 Å². The second-order valence-electron chi connectivity index (χ2n) is 1.97. The highest BCUT2D eigenvalue weighted by Crippen LogP contribution is 2.19. The molecule has 0 saturated carbocycles. The summed E-state index contributed by atoms with van der Waals surface area (Å²) in [7, 11) is 1.08. The van der Waals surface area contributed by atoms with Crippen molar-refractivity contribution in [1.29, 1.82) is 0 Å². The molecule has 2 atom stereocenters. The summed E-state index contributed by atoms with van der Waals surface area (Å²) in [6.07, 6.45) is 2.51. The molecule has 0 bridgehead atoms. The minimum absolute atomic E-state index is 0.860. The SMILES string of the molecule is CCC(CCN)PC. The lowest BCUT2D eigenvalue weighted by molar-refractivity contribution is 0.742. The van der Waals surface area contributed by atoms with E-state index in [-0.39, 0.29) is 0 Å². The lowest BCUT2D eigenvalue weighted by Gasteiger charge is -2.08. The molecule has 2 N–H and O–H groups in total. The Morgan fingerprint density at radius 3 is 2.38 bits per heavy atom. The predicted molar refractivity (Wildman–Crippen MR) is 42.0 cm³/mol. The highest BCUT2D eigenvalue weighted by atomic mass is 31.1. The Balaban J connectivity index is 3.07. The molecule has 0 aromatic carbocycles. The van der Waals surface area contributed by atoms with E-state index in [2.05, 4.69) is 13.6 Å². The maximum absolute atomic E-state index is 5.38. The molecule has 0 amide bonds. The first kappa shape index (κ1) is 8.39. The Labute approximate surface area is 53.8 Å². The first-order valence-corrected chi connectivity index (χ1v) is 4.80. The van der Waals surface area contributed by atoms with Crippen LogP contribution in [0.15, 0.2) is 0 Å². The summed E-state index contributed by atoms with van der Waals surface area (Å²) in [5.41, 5.74) is 6.29. The first-order valence-electron chi connectivity index (χ1n) is 3.22. The molecule has 0 aliphatic rings. The van der Waals surface area contributed by atoms with Crippen molar-refractivity contribution in [2.75, 3.05) is 13.2 Å². The van der Waals surface area contributed by atoms with E-state index < -0.39 is 0 Å². The molecule has 2 heteroatoms.